The summed E-state index contributed by atoms with van der Waals surface area (Å²) in [4.78, 5) is 25.3. The largest absolute Gasteiger partial charge is 0.497 e. The number of para-hydroxylation sites is 2. The van der Waals surface area contributed by atoms with E-state index in [4.69, 9.17) is 14.2 Å². The van der Waals surface area contributed by atoms with Gasteiger partial charge in [-0.3, -0.25) is 4.79 Å². The van der Waals surface area contributed by atoms with Crippen LogP contribution in [0.4, 0.5) is 10.5 Å². The standard InChI is InChI=1S/C21H23N3O5/c1-12-18(20(25)23-15-7-5-6-8-16(15)28-3)19(24-21(26)22-12)14-10-9-13(27-2)11-17(14)29-4/h5-11,18-19H,1H2,2-4H3,(H,23,25)(H2,22,24,26)/t18-,19+/m0/s1. The molecule has 1 fully saturated rings. The molecule has 1 aliphatic rings. The number of anilines is 1. The molecular formula is C21H23N3O5. The smallest absolute Gasteiger partial charge is 0.319 e. The fourth-order valence-electron chi connectivity index (χ4n) is 3.29. The minimum Gasteiger partial charge on any atom is -0.497 e. The minimum absolute atomic E-state index is 0.281. The van der Waals surface area contributed by atoms with Gasteiger partial charge in [0.25, 0.3) is 0 Å². The molecule has 1 saturated heterocycles. The molecule has 1 aliphatic heterocycles. The lowest BCUT2D eigenvalue weighted by Gasteiger charge is -2.34. The third-order valence-electron chi connectivity index (χ3n) is 4.69. The summed E-state index contributed by atoms with van der Waals surface area (Å²) in [6.45, 7) is 3.89. The Labute approximate surface area is 168 Å². The summed E-state index contributed by atoms with van der Waals surface area (Å²) in [6.07, 6.45) is 0. The lowest BCUT2D eigenvalue weighted by molar-refractivity contribution is -0.119. The summed E-state index contributed by atoms with van der Waals surface area (Å²) < 4.78 is 16.0. The van der Waals surface area contributed by atoms with Crippen molar-refractivity contribution in [2.45, 2.75) is 6.04 Å². The van der Waals surface area contributed by atoms with Crippen molar-refractivity contribution in [1.29, 1.82) is 0 Å². The third-order valence-corrected chi connectivity index (χ3v) is 4.69. The molecule has 0 spiro atoms. The summed E-state index contributed by atoms with van der Waals surface area (Å²) in [6, 6.07) is 11.1. The van der Waals surface area contributed by atoms with Crippen molar-refractivity contribution in [3.63, 3.8) is 0 Å². The molecule has 8 nitrogen and oxygen atoms in total. The molecule has 0 unspecified atom stereocenters. The van der Waals surface area contributed by atoms with Crippen LogP contribution in [0.1, 0.15) is 11.6 Å². The third kappa shape index (κ3) is 4.11. The Morgan fingerprint density at radius 1 is 1.03 bits per heavy atom. The summed E-state index contributed by atoms with van der Waals surface area (Å²) >= 11 is 0. The van der Waals surface area contributed by atoms with E-state index in [-0.39, 0.29) is 11.6 Å². The van der Waals surface area contributed by atoms with Crippen LogP contribution < -0.4 is 30.2 Å². The zero-order valence-electron chi connectivity index (χ0n) is 16.4. The maximum Gasteiger partial charge on any atom is 0.319 e. The van der Waals surface area contributed by atoms with Crippen molar-refractivity contribution < 1.29 is 23.8 Å². The van der Waals surface area contributed by atoms with Crippen LogP contribution >= 0.6 is 0 Å². The van der Waals surface area contributed by atoms with E-state index in [2.05, 4.69) is 22.5 Å². The Morgan fingerprint density at radius 3 is 2.45 bits per heavy atom. The molecule has 0 aromatic heterocycles. The van der Waals surface area contributed by atoms with Crippen molar-refractivity contribution in [2.24, 2.45) is 5.92 Å². The maximum atomic E-state index is 13.2. The van der Waals surface area contributed by atoms with Crippen molar-refractivity contribution >= 4 is 17.6 Å². The average molecular weight is 397 g/mol. The fraction of sp³-hybridized carbons (Fsp3) is 0.238. The molecule has 0 bridgehead atoms. The normalized spacial score (nSPS) is 18.3. The summed E-state index contributed by atoms with van der Waals surface area (Å²) in [5.41, 5.74) is 1.43. The summed E-state index contributed by atoms with van der Waals surface area (Å²) in [5.74, 6) is 0.465. The van der Waals surface area contributed by atoms with Crippen LogP contribution in [0.25, 0.3) is 0 Å². The van der Waals surface area contributed by atoms with Gasteiger partial charge in [-0.05, 0) is 24.3 Å². The average Bonchev–Trinajstić information content (AvgIpc) is 2.72. The molecule has 0 radical (unpaired) electrons. The fourth-order valence-corrected chi connectivity index (χ4v) is 3.29. The minimum atomic E-state index is -0.792. The van der Waals surface area contributed by atoms with Crippen LogP contribution in [0, 0.1) is 5.92 Å². The quantitative estimate of drug-likeness (QED) is 0.696. The van der Waals surface area contributed by atoms with E-state index in [0.717, 1.165) is 0 Å². The highest BCUT2D eigenvalue weighted by molar-refractivity contribution is 5.98. The molecule has 2 aromatic carbocycles. The number of amides is 3. The highest BCUT2D eigenvalue weighted by atomic mass is 16.5. The van der Waals surface area contributed by atoms with Gasteiger partial charge in [0, 0.05) is 17.3 Å². The van der Waals surface area contributed by atoms with Crippen molar-refractivity contribution in [2.75, 3.05) is 26.6 Å². The first-order chi connectivity index (χ1) is 14.0. The van der Waals surface area contributed by atoms with Gasteiger partial charge >= 0.3 is 6.03 Å². The van der Waals surface area contributed by atoms with E-state index >= 15 is 0 Å². The number of carbonyl (C=O) groups excluding carboxylic acids is 2. The van der Waals surface area contributed by atoms with Gasteiger partial charge in [0.1, 0.15) is 23.2 Å². The van der Waals surface area contributed by atoms with E-state index in [0.29, 0.717) is 28.5 Å². The number of carbonyl (C=O) groups is 2. The van der Waals surface area contributed by atoms with E-state index in [1.54, 1.807) is 49.6 Å². The first-order valence-corrected chi connectivity index (χ1v) is 8.90. The zero-order chi connectivity index (χ0) is 21.0. The molecule has 1 heterocycles. The number of benzene rings is 2. The van der Waals surface area contributed by atoms with Crippen molar-refractivity contribution in [1.82, 2.24) is 10.6 Å². The number of ether oxygens (including phenoxy) is 3. The lowest BCUT2D eigenvalue weighted by atomic mass is 9.87. The van der Waals surface area contributed by atoms with Crippen LogP contribution in [0.5, 0.6) is 17.2 Å². The monoisotopic (exact) mass is 397 g/mol. The molecule has 3 rings (SSSR count). The highest BCUT2D eigenvalue weighted by Crippen LogP contribution is 2.37. The molecular weight excluding hydrogens is 374 g/mol. The highest BCUT2D eigenvalue weighted by Gasteiger charge is 2.39. The van der Waals surface area contributed by atoms with E-state index in [1.807, 2.05) is 0 Å². The summed E-state index contributed by atoms with van der Waals surface area (Å²) in [5, 5.41) is 8.23. The second-order valence-corrected chi connectivity index (χ2v) is 6.38. The van der Waals surface area contributed by atoms with Gasteiger partial charge in [0.15, 0.2) is 0 Å². The van der Waals surface area contributed by atoms with Crippen LogP contribution in [0.15, 0.2) is 54.7 Å². The zero-order valence-corrected chi connectivity index (χ0v) is 16.4. The number of hydrogen-bond donors (Lipinski definition) is 3. The topological polar surface area (TPSA) is 97.9 Å². The van der Waals surface area contributed by atoms with E-state index in [9.17, 15) is 9.59 Å². The number of methoxy groups -OCH3 is 3. The van der Waals surface area contributed by atoms with Gasteiger partial charge in [0.2, 0.25) is 5.91 Å². The van der Waals surface area contributed by atoms with Gasteiger partial charge in [-0.15, -0.1) is 0 Å². The van der Waals surface area contributed by atoms with Crippen molar-refractivity contribution in [3.05, 3.63) is 60.3 Å². The van der Waals surface area contributed by atoms with Gasteiger partial charge in [0.05, 0.1) is 33.1 Å². The van der Waals surface area contributed by atoms with E-state index in [1.165, 1.54) is 14.2 Å². The van der Waals surface area contributed by atoms with Gasteiger partial charge in [-0.1, -0.05) is 18.7 Å². The number of hydrogen-bond acceptors (Lipinski definition) is 5. The Kier molecular flexibility index (Phi) is 5.92. The Hall–Kier alpha value is -3.68. The van der Waals surface area contributed by atoms with Crippen LogP contribution in [-0.4, -0.2) is 33.3 Å². The Balaban J connectivity index is 1.97. The molecule has 0 saturated carbocycles. The second-order valence-electron chi connectivity index (χ2n) is 6.38. The Morgan fingerprint density at radius 2 is 1.76 bits per heavy atom. The number of nitrogens with one attached hydrogen (secondary N) is 3. The predicted octanol–water partition coefficient (Wildman–Crippen LogP) is 2.83. The van der Waals surface area contributed by atoms with Gasteiger partial charge in [-0.2, -0.15) is 0 Å². The maximum absolute atomic E-state index is 13.2. The van der Waals surface area contributed by atoms with Crippen LogP contribution in [0.2, 0.25) is 0 Å². The molecule has 2 aromatic rings. The number of urea groups is 1. The number of rotatable bonds is 6. The molecule has 29 heavy (non-hydrogen) atoms. The first-order valence-electron chi connectivity index (χ1n) is 8.90. The molecule has 152 valence electrons. The summed E-state index contributed by atoms with van der Waals surface area (Å²) in [7, 11) is 4.59. The lowest BCUT2D eigenvalue weighted by Crippen LogP contribution is -2.51. The molecule has 3 amide bonds. The second kappa shape index (κ2) is 8.55. The van der Waals surface area contributed by atoms with Crippen molar-refractivity contribution in [3.8, 4) is 17.2 Å². The molecule has 0 aliphatic carbocycles. The van der Waals surface area contributed by atoms with Crippen LogP contribution in [-0.2, 0) is 4.79 Å². The van der Waals surface area contributed by atoms with E-state index < -0.39 is 18.0 Å². The SMILES string of the molecule is C=C1NC(=O)N[C@H](c2ccc(OC)cc2OC)[C@H]1C(=O)Nc1ccccc1OC. The van der Waals surface area contributed by atoms with Gasteiger partial charge in [-0.25, -0.2) is 4.79 Å². The molecule has 2 atom stereocenters. The predicted molar refractivity (Wildman–Crippen MR) is 108 cm³/mol. The van der Waals surface area contributed by atoms with Crippen LogP contribution in [0.3, 0.4) is 0 Å². The molecule has 8 heteroatoms. The first kappa shape index (κ1) is 20.1. The van der Waals surface area contributed by atoms with Gasteiger partial charge < -0.3 is 30.2 Å². The molecule has 3 N–H and O–H groups in total. The Bertz CT molecular complexity index is 944.